The molecule has 4 heteroatoms. The van der Waals surface area contributed by atoms with Gasteiger partial charge in [0.05, 0.1) is 6.20 Å². The molecule has 0 amide bonds. The fourth-order valence-corrected chi connectivity index (χ4v) is 1.88. The van der Waals surface area contributed by atoms with E-state index in [4.69, 9.17) is 10.2 Å². The standard InChI is InChI=1S/C14H13N3O/c1-9-2-4-10(5-3-9)17-13-11-6-7-16-8-12(11)18-14(13)15/h2-8,17H,15H2,1H3. The number of fused-ring (bicyclic) bond motifs is 1. The Bertz CT molecular complexity index is 686. The molecule has 0 unspecified atom stereocenters. The number of pyridine rings is 1. The van der Waals surface area contributed by atoms with E-state index in [-0.39, 0.29) is 0 Å². The van der Waals surface area contributed by atoms with Crippen LogP contribution >= 0.6 is 0 Å². The summed E-state index contributed by atoms with van der Waals surface area (Å²) in [6.45, 7) is 2.05. The van der Waals surface area contributed by atoms with Crippen LogP contribution in [0.1, 0.15) is 5.56 Å². The molecule has 0 atom stereocenters. The van der Waals surface area contributed by atoms with Crippen LogP contribution in [0.25, 0.3) is 11.0 Å². The quantitative estimate of drug-likeness (QED) is 0.718. The Kier molecular flexibility index (Phi) is 2.41. The van der Waals surface area contributed by atoms with Crippen molar-refractivity contribution in [1.82, 2.24) is 4.98 Å². The molecule has 0 bridgehead atoms. The number of nitrogens with one attached hydrogen (secondary N) is 1. The monoisotopic (exact) mass is 239 g/mol. The maximum atomic E-state index is 5.87. The number of anilines is 3. The molecule has 0 radical (unpaired) electrons. The maximum absolute atomic E-state index is 5.87. The van der Waals surface area contributed by atoms with Crippen molar-refractivity contribution in [3.05, 3.63) is 48.3 Å². The zero-order chi connectivity index (χ0) is 12.5. The third kappa shape index (κ3) is 1.78. The van der Waals surface area contributed by atoms with Crippen LogP contribution in [0.2, 0.25) is 0 Å². The lowest BCUT2D eigenvalue weighted by Gasteiger charge is -2.05. The number of nitrogen functional groups attached to an aromatic ring is 1. The van der Waals surface area contributed by atoms with Crippen molar-refractivity contribution in [2.75, 3.05) is 11.1 Å². The van der Waals surface area contributed by atoms with E-state index in [9.17, 15) is 0 Å². The normalized spacial score (nSPS) is 10.7. The Balaban J connectivity index is 2.04. The average molecular weight is 239 g/mol. The van der Waals surface area contributed by atoms with Gasteiger partial charge in [0.1, 0.15) is 5.69 Å². The van der Waals surface area contributed by atoms with E-state index in [1.807, 2.05) is 30.3 Å². The number of rotatable bonds is 2. The Hall–Kier alpha value is -2.49. The second-order valence-corrected chi connectivity index (χ2v) is 4.20. The minimum absolute atomic E-state index is 0.374. The Labute approximate surface area is 104 Å². The van der Waals surface area contributed by atoms with Gasteiger partial charge < -0.3 is 15.5 Å². The number of hydrogen-bond donors (Lipinski definition) is 2. The molecule has 3 N–H and O–H groups in total. The van der Waals surface area contributed by atoms with E-state index in [1.54, 1.807) is 12.4 Å². The molecule has 0 spiro atoms. The van der Waals surface area contributed by atoms with Gasteiger partial charge in [0.25, 0.3) is 0 Å². The van der Waals surface area contributed by atoms with E-state index >= 15 is 0 Å². The van der Waals surface area contributed by atoms with E-state index in [0.29, 0.717) is 11.5 Å². The zero-order valence-corrected chi connectivity index (χ0v) is 9.97. The third-order valence-electron chi connectivity index (χ3n) is 2.84. The van der Waals surface area contributed by atoms with Gasteiger partial charge in [-0.25, -0.2) is 0 Å². The van der Waals surface area contributed by atoms with Crippen LogP contribution in [0.3, 0.4) is 0 Å². The minimum Gasteiger partial charge on any atom is -0.437 e. The van der Waals surface area contributed by atoms with Crippen molar-refractivity contribution in [3.8, 4) is 0 Å². The van der Waals surface area contributed by atoms with E-state index in [2.05, 4.69) is 17.2 Å². The number of hydrogen-bond acceptors (Lipinski definition) is 4. The average Bonchev–Trinajstić information content (AvgIpc) is 2.69. The lowest BCUT2D eigenvalue weighted by molar-refractivity contribution is 0.636. The Morgan fingerprint density at radius 2 is 1.94 bits per heavy atom. The van der Waals surface area contributed by atoms with E-state index in [1.165, 1.54) is 5.56 Å². The summed E-state index contributed by atoms with van der Waals surface area (Å²) in [5.41, 5.74) is 9.54. The van der Waals surface area contributed by atoms with E-state index < -0.39 is 0 Å². The van der Waals surface area contributed by atoms with Crippen LogP contribution in [0.4, 0.5) is 17.3 Å². The lowest BCUT2D eigenvalue weighted by Crippen LogP contribution is -1.93. The molecule has 4 nitrogen and oxygen atoms in total. The number of nitrogens with two attached hydrogens (primary N) is 1. The fourth-order valence-electron chi connectivity index (χ4n) is 1.88. The Morgan fingerprint density at radius 3 is 2.72 bits per heavy atom. The Morgan fingerprint density at radius 1 is 1.17 bits per heavy atom. The number of aromatic nitrogens is 1. The summed E-state index contributed by atoms with van der Waals surface area (Å²) in [6, 6.07) is 9.99. The lowest BCUT2D eigenvalue weighted by atomic mass is 10.2. The highest BCUT2D eigenvalue weighted by atomic mass is 16.3. The fraction of sp³-hybridized carbons (Fsp3) is 0.0714. The van der Waals surface area contributed by atoms with Crippen molar-refractivity contribution in [1.29, 1.82) is 0 Å². The first-order valence-corrected chi connectivity index (χ1v) is 5.70. The number of nitrogens with zero attached hydrogens (tertiary/aromatic N) is 1. The smallest absolute Gasteiger partial charge is 0.215 e. The third-order valence-corrected chi connectivity index (χ3v) is 2.84. The highest BCUT2D eigenvalue weighted by molar-refractivity contribution is 5.97. The van der Waals surface area contributed by atoms with Gasteiger partial charge in [0, 0.05) is 17.3 Å². The van der Waals surface area contributed by atoms with Gasteiger partial charge in [-0.1, -0.05) is 17.7 Å². The molecule has 1 aromatic carbocycles. The van der Waals surface area contributed by atoms with Crippen molar-refractivity contribution >= 4 is 28.2 Å². The van der Waals surface area contributed by atoms with Gasteiger partial charge in [-0.15, -0.1) is 0 Å². The van der Waals surface area contributed by atoms with Crippen molar-refractivity contribution < 1.29 is 4.42 Å². The second kappa shape index (κ2) is 4.07. The predicted octanol–water partition coefficient (Wildman–Crippen LogP) is 3.46. The molecule has 18 heavy (non-hydrogen) atoms. The predicted molar refractivity (Wildman–Crippen MR) is 72.9 cm³/mol. The highest BCUT2D eigenvalue weighted by Crippen LogP contribution is 2.34. The first-order chi connectivity index (χ1) is 8.74. The summed E-state index contributed by atoms with van der Waals surface area (Å²) >= 11 is 0. The molecular formula is C14H13N3O. The summed E-state index contributed by atoms with van der Waals surface area (Å²) < 4.78 is 5.45. The van der Waals surface area contributed by atoms with Gasteiger partial charge in [0.15, 0.2) is 5.58 Å². The summed E-state index contributed by atoms with van der Waals surface area (Å²) in [7, 11) is 0. The van der Waals surface area contributed by atoms with Crippen LogP contribution in [0.5, 0.6) is 0 Å². The highest BCUT2D eigenvalue weighted by Gasteiger charge is 2.11. The van der Waals surface area contributed by atoms with Crippen LogP contribution in [-0.2, 0) is 0 Å². The zero-order valence-electron chi connectivity index (χ0n) is 9.97. The summed E-state index contributed by atoms with van der Waals surface area (Å²) in [6.07, 6.45) is 3.38. The SMILES string of the molecule is Cc1ccc(Nc2c(N)oc3cnccc23)cc1. The topological polar surface area (TPSA) is 64.1 Å². The molecule has 0 saturated heterocycles. The first kappa shape index (κ1) is 10.7. The molecule has 0 saturated carbocycles. The van der Waals surface area contributed by atoms with Crippen LogP contribution in [0.15, 0.2) is 47.1 Å². The molecule has 2 aromatic heterocycles. The van der Waals surface area contributed by atoms with Crippen LogP contribution < -0.4 is 11.1 Å². The van der Waals surface area contributed by atoms with Gasteiger partial charge >= 0.3 is 0 Å². The summed E-state index contributed by atoms with van der Waals surface area (Å²) in [5.74, 6) is 0.374. The van der Waals surface area contributed by atoms with Gasteiger partial charge in [-0.2, -0.15) is 0 Å². The van der Waals surface area contributed by atoms with Gasteiger partial charge in [-0.05, 0) is 25.1 Å². The summed E-state index contributed by atoms with van der Waals surface area (Å²) in [4.78, 5) is 4.01. The molecule has 2 heterocycles. The van der Waals surface area contributed by atoms with Crippen molar-refractivity contribution in [2.45, 2.75) is 6.92 Å². The van der Waals surface area contributed by atoms with Crippen LogP contribution in [-0.4, -0.2) is 4.98 Å². The second-order valence-electron chi connectivity index (χ2n) is 4.20. The maximum Gasteiger partial charge on any atom is 0.215 e. The molecule has 0 aliphatic rings. The number of benzene rings is 1. The van der Waals surface area contributed by atoms with Crippen molar-refractivity contribution in [3.63, 3.8) is 0 Å². The molecule has 0 aliphatic carbocycles. The first-order valence-electron chi connectivity index (χ1n) is 5.70. The van der Waals surface area contributed by atoms with Crippen LogP contribution in [0, 0.1) is 6.92 Å². The summed E-state index contributed by atoms with van der Waals surface area (Å²) in [5, 5.41) is 4.21. The molecule has 3 aromatic rings. The molecule has 0 fully saturated rings. The number of aryl methyl sites for hydroxylation is 1. The largest absolute Gasteiger partial charge is 0.437 e. The minimum atomic E-state index is 0.374. The molecule has 90 valence electrons. The van der Waals surface area contributed by atoms with E-state index in [0.717, 1.165) is 16.8 Å². The molecule has 0 aliphatic heterocycles. The van der Waals surface area contributed by atoms with Gasteiger partial charge in [0.2, 0.25) is 5.88 Å². The number of furan rings is 1. The van der Waals surface area contributed by atoms with Crippen molar-refractivity contribution in [2.24, 2.45) is 0 Å². The van der Waals surface area contributed by atoms with Gasteiger partial charge in [-0.3, -0.25) is 4.98 Å². The molecular weight excluding hydrogens is 226 g/mol. The molecule has 3 rings (SSSR count).